The van der Waals surface area contributed by atoms with Gasteiger partial charge in [-0.15, -0.1) is 0 Å². The number of rotatable bonds is 2. The average molecular weight is 420 g/mol. The van der Waals surface area contributed by atoms with Gasteiger partial charge in [0.25, 0.3) is 0 Å². The summed E-state index contributed by atoms with van der Waals surface area (Å²) in [5, 5.41) is 0.570. The SMILES string of the molecule is CC(C)(C)OC(=O)C1(c2ccc(F)c(Cl)c2)C=C2C=NCC(C(F)(F)F)N2N1. The lowest BCUT2D eigenvalue weighted by Crippen LogP contribution is -2.59. The molecule has 152 valence electrons. The lowest BCUT2D eigenvalue weighted by atomic mass is 9.90. The molecule has 2 unspecified atom stereocenters. The molecule has 0 aliphatic carbocycles. The van der Waals surface area contributed by atoms with E-state index in [-0.39, 0.29) is 16.3 Å². The van der Waals surface area contributed by atoms with Crippen LogP contribution >= 0.6 is 11.6 Å². The summed E-state index contributed by atoms with van der Waals surface area (Å²) in [6.45, 7) is 4.37. The number of ether oxygens (including phenoxy) is 1. The van der Waals surface area contributed by atoms with E-state index in [1.165, 1.54) is 24.4 Å². The number of benzene rings is 1. The highest BCUT2D eigenvalue weighted by Gasteiger charge is 2.54. The number of hydrogen-bond acceptors (Lipinski definition) is 5. The highest BCUT2D eigenvalue weighted by Crippen LogP contribution is 2.39. The van der Waals surface area contributed by atoms with Gasteiger partial charge in [-0.2, -0.15) is 13.2 Å². The van der Waals surface area contributed by atoms with Crippen molar-refractivity contribution < 1.29 is 27.1 Å². The van der Waals surface area contributed by atoms with Gasteiger partial charge in [0.15, 0.2) is 11.6 Å². The van der Waals surface area contributed by atoms with Crippen LogP contribution in [0, 0.1) is 5.82 Å². The van der Waals surface area contributed by atoms with Crippen LogP contribution in [-0.2, 0) is 15.1 Å². The van der Waals surface area contributed by atoms with Gasteiger partial charge < -0.3 is 4.74 Å². The minimum atomic E-state index is -4.59. The molecule has 10 heteroatoms. The van der Waals surface area contributed by atoms with E-state index in [0.717, 1.165) is 11.1 Å². The van der Waals surface area contributed by atoms with Crippen LogP contribution in [0.2, 0.25) is 5.02 Å². The molecular formula is C18H18ClF4N3O2. The molecule has 5 nitrogen and oxygen atoms in total. The molecule has 3 rings (SSSR count). The average Bonchev–Trinajstić information content (AvgIpc) is 2.95. The van der Waals surface area contributed by atoms with Gasteiger partial charge in [-0.05, 0) is 44.5 Å². The highest BCUT2D eigenvalue weighted by atomic mass is 35.5. The second-order valence-electron chi connectivity index (χ2n) is 7.54. The Kier molecular flexibility index (Phi) is 4.95. The molecule has 0 radical (unpaired) electrons. The number of nitrogens with zero attached hydrogens (tertiary/aromatic N) is 2. The van der Waals surface area contributed by atoms with Crippen molar-refractivity contribution in [3.8, 4) is 0 Å². The van der Waals surface area contributed by atoms with Crippen LogP contribution in [0.5, 0.6) is 0 Å². The number of hydrogen-bond donors (Lipinski definition) is 1. The van der Waals surface area contributed by atoms with Crippen molar-refractivity contribution in [3.63, 3.8) is 0 Å². The van der Waals surface area contributed by atoms with Crippen molar-refractivity contribution >= 4 is 23.8 Å². The topological polar surface area (TPSA) is 53.9 Å². The summed E-state index contributed by atoms with van der Waals surface area (Å²) < 4.78 is 59.4. The Bertz CT molecular complexity index is 863. The van der Waals surface area contributed by atoms with E-state index in [9.17, 15) is 22.4 Å². The van der Waals surface area contributed by atoms with Crippen LogP contribution in [0.15, 0.2) is 35.0 Å². The van der Waals surface area contributed by atoms with Gasteiger partial charge in [0.1, 0.15) is 11.4 Å². The standard InChI is InChI=1S/C18H18ClF4N3O2/c1-16(2,3)28-15(27)17(10-4-5-13(20)12(19)6-10)7-11-8-24-9-14(18(21,22)23)26(11)25-17/h4-8,14,25H,9H2,1-3H3. The Morgan fingerprint density at radius 3 is 2.61 bits per heavy atom. The highest BCUT2D eigenvalue weighted by molar-refractivity contribution is 6.30. The van der Waals surface area contributed by atoms with E-state index in [2.05, 4.69) is 10.4 Å². The summed E-state index contributed by atoms with van der Waals surface area (Å²) in [6.07, 6.45) is -2.06. The van der Waals surface area contributed by atoms with E-state index >= 15 is 0 Å². The molecule has 0 bridgehead atoms. The van der Waals surface area contributed by atoms with E-state index in [0.29, 0.717) is 0 Å². The summed E-state index contributed by atoms with van der Waals surface area (Å²) in [7, 11) is 0. The van der Waals surface area contributed by atoms with Crippen molar-refractivity contribution in [2.45, 2.75) is 44.1 Å². The van der Waals surface area contributed by atoms with Gasteiger partial charge in [-0.25, -0.2) is 14.6 Å². The Balaban J connectivity index is 2.11. The maximum Gasteiger partial charge on any atom is 0.412 e. The number of fused-ring (bicyclic) bond motifs is 1. The monoisotopic (exact) mass is 419 g/mol. The summed E-state index contributed by atoms with van der Waals surface area (Å²) in [4.78, 5) is 16.8. The molecule has 0 amide bonds. The van der Waals surface area contributed by atoms with Crippen molar-refractivity contribution in [3.05, 3.63) is 46.4 Å². The quantitative estimate of drug-likeness (QED) is 0.586. The molecule has 0 saturated carbocycles. The van der Waals surface area contributed by atoms with Gasteiger partial charge in [0.2, 0.25) is 0 Å². The van der Waals surface area contributed by atoms with Crippen molar-refractivity contribution in [2.75, 3.05) is 6.54 Å². The Morgan fingerprint density at radius 1 is 1.36 bits per heavy atom. The molecule has 0 spiro atoms. The van der Waals surface area contributed by atoms with Gasteiger partial charge in [-0.1, -0.05) is 17.7 Å². The van der Waals surface area contributed by atoms with Crippen LogP contribution in [0.1, 0.15) is 26.3 Å². The van der Waals surface area contributed by atoms with Gasteiger partial charge in [-0.3, -0.25) is 10.0 Å². The maximum atomic E-state index is 13.6. The first-order chi connectivity index (χ1) is 12.8. The zero-order valence-corrected chi connectivity index (χ0v) is 16.0. The summed E-state index contributed by atoms with van der Waals surface area (Å²) in [6, 6.07) is 1.52. The van der Waals surface area contributed by atoms with Crippen molar-refractivity contribution in [1.29, 1.82) is 0 Å². The molecule has 2 aliphatic rings. The predicted octanol–water partition coefficient (Wildman–Crippen LogP) is 3.74. The lowest BCUT2D eigenvalue weighted by Gasteiger charge is -2.37. The fourth-order valence-corrected chi connectivity index (χ4v) is 3.16. The molecule has 1 N–H and O–H groups in total. The molecule has 0 saturated heterocycles. The van der Waals surface area contributed by atoms with Gasteiger partial charge in [0, 0.05) is 6.21 Å². The van der Waals surface area contributed by atoms with E-state index in [1.54, 1.807) is 20.8 Å². The van der Waals surface area contributed by atoms with Crippen molar-refractivity contribution in [2.24, 2.45) is 4.99 Å². The number of carbonyl (C=O) groups is 1. The maximum absolute atomic E-state index is 13.6. The number of aliphatic imine (C=N–C) groups is 1. The predicted molar refractivity (Wildman–Crippen MR) is 95.2 cm³/mol. The van der Waals surface area contributed by atoms with Crippen LogP contribution in [-0.4, -0.2) is 41.6 Å². The molecule has 1 aromatic carbocycles. The third-order valence-electron chi connectivity index (χ3n) is 4.23. The number of esters is 1. The number of allylic oxidation sites excluding steroid dienone is 1. The molecule has 2 aliphatic heterocycles. The fourth-order valence-electron chi connectivity index (χ4n) is 2.98. The van der Waals surface area contributed by atoms with E-state index in [4.69, 9.17) is 16.3 Å². The molecule has 2 atom stereocenters. The first kappa shape index (κ1) is 20.6. The Hall–Kier alpha value is -2.13. The van der Waals surface area contributed by atoms with Crippen LogP contribution in [0.25, 0.3) is 0 Å². The summed E-state index contributed by atoms with van der Waals surface area (Å²) in [5.74, 6) is -1.57. The third kappa shape index (κ3) is 3.73. The van der Waals surface area contributed by atoms with Gasteiger partial charge >= 0.3 is 12.1 Å². The molecule has 28 heavy (non-hydrogen) atoms. The Morgan fingerprint density at radius 2 is 2.04 bits per heavy atom. The number of alkyl halides is 3. The van der Waals surface area contributed by atoms with Gasteiger partial charge in [0.05, 0.1) is 17.3 Å². The smallest absolute Gasteiger partial charge is 0.412 e. The second kappa shape index (κ2) is 6.73. The first-order valence-corrected chi connectivity index (χ1v) is 8.77. The van der Waals surface area contributed by atoms with E-state index < -0.39 is 41.7 Å². The van der Waals surface area contributed by atoms with Crippen LogP contribution < -0.4 is 5.43 Å². The van der Waals surface area contributed by atoms with Crippen LogP contribution in [0.3, 0.4) is 0 Å². The second-order valence-corrected chi connectivity index (χ2v) is 7.95. The minimum absolute atomic E-state index is 0.0554. The largest absolute Gasteiger partial charge is 0.458 e. The number of nitrogens with one attached hydrogen (secondary N) is 1. The molecule has 0 fully saturated rings. The lowest BCUT2D eigenvalue weighted by molar-refractivity contribution is -0.188. The van der Waals surface area contributed by atoms with Crippen LogP contribution in [0.4, 0.5) is 17.6 Å². The molecular weight excluding hydrogens is 402 g/mol. The van der Waals surface area contributed by atoms with E-state index in [1.807, 2.05) is 0 Å². The number of hydrazine groups is 1. The zero-order chi connectivity index (χ0) is 20.9. The molecule has 2 heterocycles. The number of halogens is 5. The number of carbonyl (C=O) groups excluding carboxylic acids is 1. The normalized spacial score (nSPS) is 24.8. The Labute approximate surface area is 164 Å². The zero-order valence-electron chi connectivity index (χ0n) is 15.3. The minimum Gasteiger partial charge on any atom is -0.458 e. The molecule has 0 aromatic heterocycles. The third-order valence-corrected chi connectivity index (χ3v) is 4.52. The summed E-state index contributed by atoms with van der Waals surface area (Å²) >= 11 is 5.85. The molecule has 1 aromatic rings. The first-order valence-electron chi connectivity index (χ1n) is 8.39. The van der Waals surface area contributed by atoms with Crippen molar-refractivity contribution in [1.82, 2.24) is 10.4 Å². The fraction of sp³-hybridized carbons (Fsp3) is 0.444. The summed E-state index contributed by atoms with van der Waals surface area (Å²) in [5.41, 5.74) is 0.0930.